The van der Waals surface area contributed by atoms with Crippen LogP contribution in [-0.2, 0) is 13.0 Å². The molecule has 2 heterocycles. The van der Waals surface area contributed by atoms with Gasteiger partial charge in [0.25, 0.3) is 0 Å². The molecule has 0 saturated heterocycles. The lowest BCUT2D eigenvalue weighted by atomic mass is 10.2. The molecule has 0 amide bonds. The van der Waals surface area contributed by atoms with Crippen molar-refractivity contribution in [3.8, 4) is 0 Å². The molecular weight excluding hydrogens is 288 g/mol. The number of alkyl halides is 1. The Bertz CT molecular complexity index is 742. The fourth-order valence-electron chi connectivity index (χ4n) is 2.50. The van der Waals surface area contributed by atoms with Gasteiger partial charge in [-0.2, -0.15) is 0 Å². The first-order valence-corrected chi connectivity index (χ1v) is 8.16. The highest BCUT2D eigenvalue weighted by Gasteiger charge is 2.13. The number of halogens is 1. The topological polar surface area (TPSA) is 17.8 Å². The predicted octanol–water partition coefficient (Wildman–Crippen LogP) is 4.54. The van der Waals surface area contributed by atoms with E-state index in [1.54, 1.807) is 11.3 Å². The summed E-state index contributed by atoms with van der Waals surface area (Å²) in [6, 6.07) is 8.53. The Labute approximate surface area is 128 Å². The van der Waals surface area contributed by atoms with Crippen LogP contribution in [0.1, 0.15) is 21.8 Å². The lowest BCUT2D eigenvalue weighted by Gasteiger charge is -2.08. The molecule has 0 aliphatic rings. The molecule has 0 radical (unpaired) electrons. The fourth-order valence-corrected chi connectivity index (χ4v) is 3.56. The molecular formula is C16H17ClN2S. The molecule has 3 rings (SSSR count). The van der Waals surface area contributed by atoms with Gasteiger partial charge in [-0.3, -0.25) is 0 Å². The number of benzene rings is 1. The summed E-state index contributed by atoms with van der Waals surface area (Å²) in [5.74, 6) is 1.68. The summed E-state index contributed by atoms with van der Waals surface area (Å²) in [5, 5.41) is 2.15. The van der Waals surface area contributed by atoms with Crippen LogP contribution in [0.5, 0.6) is 0 Å². The maximum absolute atomic E-state index is 5.94. The van der Waals surface area contributed by atoms with Crippen LogP contribution < -0.4 is 0 Å². The van der Waals surface area contributed by atoms with Gasteiger partial charge in [0.1, 0.15) is 5.82 Å². The third-order valence-corrected chi connectivity index (χ3v) is 4.84. The van der Waals surface area contributed by atoms with E-state index in [2.05, 4.69) is 48.1 Å². The second-order valence-corrected chi connectivity index (χ2v) is 6.40. The minimum Gasteiger partial charge on any atom is -0.323 e. The highest BCUT2D eigenvalue weighted by atomic mass is 35.5. The van der Waals surface area contributed by atoms with E-state index in [-0.39, 0.29) is 0 Å². The number of thiophene rings is 1. The summed E-state index contributed by atoms with van der Waals surface area (Å²) in [6.07, 6.45) is 0.806. The maximum Gasteiger partial charge on any atom is 0.111 e. The van der Waals surface area contributed by atoms with Crippen LogP contribution in [0.15, 0.2) is 29.6 Å². The number of aromatic nitrogens is 2. The molecule has 0 spiro atoms. The molecule has 0 atom stereocenters. The standard InChI is InChI=1S/C16H17ClN2S/c1-11-7-9-20-14(11)10-19-13-5-3-4-12(2)16(13)18-15(19)6-8-17/h3-5,7,9H,6,8,10H2,1-2H3. The number of para-hydroxylation sites is 1. The molecule has 0 saturated carbocycles. The monoisotopic (exact) mass is 304 g/mol. The van der Waals surface area contributed by atoms with Crippen molar-refractivity contribution in [3.63, 3.8) is 0 Å². The summed E-state index contributed by atoms with van der Waals surface area (Å²) in [4.78, 5) is 6.19. The summed E-state index contributed by atoms with van der Waals surface area (Å²) < 4.78 is 2.31. The summed E-state index contributed by atoms with van der Waals surface area (Å²) >= 11 is 7.74. The maximum atomic E-state index is 5.94. The zero-order valence-electron chi connectivity index (χ0n) is 11.7. The number of hydrogen-bond donors (Lipinski definition) is 0. The molecule has 4 heteroatoms. The highest BCUT2D eigenvalue weighted by Crippen LogP contribution is 2.24. The average Bonchev–Trinajstić information content (AvgIpc) is 2.98. The molecule has 0 bridgehead atoms. The van der Waals surface area contributed by atoms with Crippen molar-refractivity contribution in [3.05, 3.63) is 51.5 Å². The SMILES string of the molecule is Cc1ccsc1Cn1c(CCCl)nc2c(C)cccc21. The average molecular weight is 305 g/mol. The molecule has 20 heavy (non-hydrogen) atoms. The zero-order chi connectivity index (χ0) is 14.1. The van der Waals surface area contributed by atoms with E-state index in [0.717, 1.165) is 24.3 Å². The van der Waals surface area contributed by atoms with Crippen LogP contribution in [0.2, 0.25) is 0 Å². The van der Waals surface area contributed by atoms with Gasteiger partial charge in [0.2, 0.25) is 0 Å². The summed E-state index contributed by atoms with van der Waals surface area (Å²) in [5.41, 5.74) is 4.88. The Balaban J connectivity index is 2.14. The second-order valence-electron chi connectivity index (χ2n) is 5.02. The summed E-state index contributed by atoms with van der Waals surface area (Å²) in [6.45, 7) is 5.16. The number of imidazole rings is 1. The Hall–Kier alpha value is -1.32. The number of fused-ring (bicyclic) bond motifs is 1. The minimum absolute atomic E-state index is 0.603. The number of hydrogen-bond acceptors (Lipinski definition) is 2. The minimum atomic E-state index is 0.603. The van der Waals surface area contributed by atoms with Crippen LogP contribution >= 0.6 is 22.9 Å². The van der Waals surface area contributed by atoms with Crippen molar-refractivity contribution in [1.29, 1.82) is 0 Å². The van der Waals surface area contributed by atoms with E-state index in [4.69, 9.17) is 16.6 Å². The first kappa shape index (κ1) is 13.7. The van der Waals surface area contributed by atoms with Crippen molar-refractivity contribution >= 4 is 34.0 Å². The molecule has 2 aromatic heterocycles. The first-order chi connectivity index (χ1) is 9.70. The molecule has 0 aliphatic heterocycles. The van der Waals surface area contributed by atoms with Gasteiger partial charge in [-0.15, -0.1) is 22.9 Å². The van der Waals surface area contributed by atoms with Crippen LogP contribution in [-0.4, -0.2) is 15.4 Å². The van der Waals surface area contributed by atoms with Crippen LogP contribution in [0, 0.1) is 13.8 Å². The normalized spacial score (nSPS) is 11.3. The Kier molecular flexibility index (Phi) is 3.81. The van der Waals surface area contributed by atoms with Crippen molar-refractivity contribution in [2.75, 3.05) is 5.88 Å². The molecule has 104 valence electrons. The van der Waals surface area contributed by atoms with Crippen molar-refractivity contribution < 1.29 is 0 Å². The highest BCUT2D eigenvalue weighted by molar-refractivity contribution is 7.10. The first-order valence-electron chi connectivity index (χ1n) is 6.74. The Morgan fingerprint density at radius 1 is 1.20 bits per heavy atom. The van der Waals surface area contributed by atoms with E-state index < -0.39 is 0 Å². The van der Waals surface area contributed by atoms with E-state index in [9.17, 15) is 0 Å². The molecule has 1 aromatic carbocycles. The van der Waals surface area contributed by atoms with Crippen LogP contribution in [0.3, 0.4) is 0 Å². The molecule has 0 aliphatic carbocycles. The number of rotatable bonds is 4. The van der Waals surface area contributed by atoms with Gasteiger partial charge in [-0.1, -0.05) is 12.1 Å². The molecule has 0 unspecified atom stereocenters. The smallest absolute Gasteiger partial charge is 0.111 e. The van der Waals surface area contributed by atoms with Crippen molar-refractivity contribution in [1.82, 2.24) is 9.55 Å². The quantitative estimate of drug-likeness (QED) is 0.647. The predicted molar refractivity (Wildman–Crippen MR) is 87.1 cm³/mol. The van der Waals surface area contributed by atoms with Gasteiger partial charge >= 0.3 is 0 Å². The van der Waals surface area contributed by atoms with Crippen molar-refractivity contribution in [2.24, 2.45) is 0 Å². The molecule has 0 fully saturated rings. The molecule has 0 N–H and O–H groups in total. The largest absolute Gasteiger partial charge is 0.323 e. The van der Waals surface area contributed by atoms with Gasteiger partial charge in [-0.05, 0) is 42.5 Å². The van der Waals surface area contributed by atoms with Crippen molar-refractivity contribution in [2.45, 2.75) is 26.8 Å². The Morgan fingerprint density at radius 3 is 2.75 bits per heavy atom. The second kappa shape index (κ2) is 5.58. The van der Waals surface area contributed by atoms with Gasteiger partial charge in [0.05, 0.1) is 17.6 Å². The van der Waals surface area contributed by atoms with Crippen LogP contribution in [0.4, 0.5) is 0 Å². The lowest BCUT2D eigenvalue weighted by Crippen LogP contribution is -2.05. The Morgan fingerprint density at radius 2 is 2.05 bits per heavy atom. The zero-order valence-corrected chi connectivity index (χ0v) is 13.3. The third-order valence-electron chi connectivity index (χ3n) is 3.65. The van der Waals surface area contributed by atoms with Gasteiger partial charge in [0, 0.05) is 17.2 Å². The summed E-state index contributed by atoms with van der Waals surface area (Å²) in [7, 11) is 0. The van der Waals surface area contributed by atoms with E-state index in [1.807, 2.05) is 0 Å². The van der Waals surface area contributed by atoms with Gasteiger partial charge < -0.3 is 4.57 Å². The van der Waals surface area contributed by atoms with E-state index >= 15 is 0 Å². The van der Waals surface area contributed by atoms with E-state index in [0.29, 0.717) is 5.88 Å². The lowest BCUT2D eigenvalue weighted by molar-refractivity contribution is 0.760. The number of nitrogens with zero attached hydrogens (tertiary/aromatic N) is 2. The van der Waals surface area contributed by atoms with E-state index in [1.165, 1.54) is 21.5 Å². The molecule has 3 aromatic rings. The fraction of sp³-hybridized carbons (Fsp3) is 0.312. The van der Waals surface area contributed by atoms with Gasteiger partial charge in [0.15, 0.2) is 0 Å². The number of aryl methyl sites for hydroxylation is 3. The molecule has 2 nitrogen and oxygen atoms in total. The van der Waals surface area contributed by atoms with Gasteiger partial charge in [-0.25, -0.2) is 4.98 Å². The third kappa shape index (κ3) is 2.36. The van der Waals surface area contributed by atoms with Crippen LogP contribution in [0.25, 0.3) is 11.0 Å².